The molecule has 44 heavy (non-hydrogen) atoms. The number of nitrogens with one attached hydrogen (secondary N) is 3. The van der Waals surface area contributed by atoms with Crippen LogP contribution >= 0.6 is 11.6 Å². The largest absolute Gasteiger partial charge is 0.494 e. The summed E-state index contributed by atoms with van der Waals surface area (Å²) in [5, 5.41) is 17.5. The van der Waals surface area contributed by atoms with E-state index in [0.29, 0.717) is 46.7 Å². The molecule has 3 aromatic carbocycles. The number of anilines is 2. The number of ether oxygens (including phenoxy) is 1. The van der Waals surface area contributed by atoms with E-state index in [4.69, 9.17) is 16.3 Å². The van der Waals surface area contributed by atoms with Gasteiger partial charge >= 0.3 is 0 Å². The highest BCUT2D eigenvalue weighted by Crippen LogP contribution is 2.40. The topological polar surface area (TPSA) is 125 Å². The third kappa shape index (κ3) is 5.79. The van der Waals surface area contributed by atoms with Gasteiger partial charge in [-0.25, -0.2) is 27.2 Å². The molecule has 0 bridgehead atoms. The molecule has 0 aliphatic heterocycles. The lowest BCUT2D eigenvalue weighted by Gasteiger charge is -2.16. The molecule has 3 atom stereocenters. The van der Waals surface area contributed by atoms with Crippen LogP contribution in [0, 0.1) is 17.6 Å². The van der Waals surface area contributed by atoms with Gasteiger partial charge in [-0.3, -0.25) is 4.72 Å². The van der Waals surface area contributed by atoms with Gasteiger partial charge in [0.15, 0.2) is 5.82 Å². The lowest BCUT2D eigenvalue weighted by molar-refractivity contribution is 0.180. The maximum Gasteiger partial charge on any atom is 0.262 e. The molecule has 1 aromatic heterocycles. The van der Waals surface area contributed by atoms with Crippen molar-refractivity contribution in [1.29, 1.82) is 0 Å². The molecule has 2 aliphatic carbocycles. The van der Waals surface area contributed by atoms with Crippen molar-refractivity contribution in [2.24, 2.45) is 5.92 Å². The predicted molar refractivity (Wildman–Crippen MR) is 166 cm³/mol. The summed E-state index contributed by atoms with van der Waals surface area (Å²) < 4.78 is 65.9. The lowest BCUT2D eigenvalue weighted by Crippen LogP contribution is -2.20. The first kappa shape index (κ1) is 30.4. The molecule has 9 nitrogen and oxygen atoms in total. The molecule has 0 amide bonds. The number of sulfonamides is 1. The average molecular weight is 644 g/mol. The van der Waals surface area contributed by atoms with E-state index in [0.717, 1.165) is 37.9 Å². The van der Waals surface area contributed by atoms with Gasteiger partial charge in [0.2, 0.25) is 5.95 Å². The Morgan fingerprint density at radius 2 is 1.95 bits per heavy atom. The van der Waals surface area contributed by atoms with E-state index in [-0.39, 0.29) is 27.3 Å². The molecule has 0 saturated heterocycles. The van der Waals surface area contributed by atoms with Crippen molar-refractivity contribution in [3.05, 3.63) is 70.4 Å². The van der Waals surface area contributed by atoms with Crippen LogP contribution in [0.4, 0.5) is 20.4 Å². The van der Waals surface area contributed by atoms with Gasteiger partial charge in [-0.15, -0.1) is 0 Å². The molecule has 0 spiro atoms. The van der Waals surface area contributed by atoms with Crippen molar-refractivity contribution in [2.45, 2.75) is 49.1 Å². The van der Waals surface area contributed by atoms with E-state index < -0.39 is 39.0 Å². The highest BCUT2D eigenvalue weighted by atomic mass is 35.5. The lowest BCUT2D eigenvalue weighted by atomic mass is 10.0. The van der Waals surface area contributed by atoms with Crippen LogP contribution in [0.25, 0.3) is 22.0 Å². The summed E-state index contributed by atoms with van der Waals surface area (Å²) in [4.78, 5) is 8.90. The van der Waals surface area contributed by atoms with Crippen LogP contribution < -0.4 is 20.1 Å². The summed E-state index contributed by atoms with van der Waals surface area (Å²) >= 11 is 6.15. The van der Waals surface area contributed by atoms with Gasteiger partial charge in [0.05, 0.1) is 29.4 Å². The van der Waals surface area contributed by atoms with E-state index >= 15 is 8.78 Å². The van der Waals surface area contributed by atoms with Crippen molar-refractivity contribution in [3.63, 3.8) is 0 Å². The zero-order chi connectivity index (χ0) is 31.2. The maximum absolute atomic E-state index is 16.0. The molecule has 232 valence electrons. The number of hydrogen-bond donors (Lipinski definition) is 4. The SMILES string of the molecule is CNCC1CCC(Nc2ncc3cc(-c4c(F)ccc(NS(=O)(=O)c5cc(Cl)cc6c5CCC6O)c4F)cc(OC)c3n2)C1. The van der Waals surface area contributed by atoms with Crippen LogP contribution in [0.2, 0.25) is 5.02 Å². The number of fused-ring (bicyclic) bond motifs is 2. The molecular formula is C31H32ClF2N5O4S. The van der Waals surface area contributed by atoms with Crippen LogP contribution in [-0.4, -0.2) is 50.2 Å². The first-order valence-electron chi connectivity index (χ1n) is 14.4. The number of halogens is 3. The smallest absolute Gasteiger partial charge is 0.262 e. The molecule has 13 heteroatoms. The molecule has 1 heterocycles. The Morgan fingerprint density at radius 3 is 2.73 bits per heavy atom. The summed E-state index contributed by atoms with van der Waals surface area (Å²) in [5.41, 5.74) is 0.525. The van der Waals surface area contributed by atoms with Gasteiger partial charge in [0.1, 0.15) is 17.1 Å². The number of rotatable bonds is 9. The number of methoxy groups -OCH3 is 1. The van der Waals surface area contributed by atoms with E-state index in [2.05, 4.69) is 25.3 Å². The van der Waals surface area contributed by atoms with E-state index in [1.54, 1.807) is 6.20 Å². The Bertz CT molecular complexity index is 1860. The van der Waals surface area contributed by atoms with Crippen LogP contribution in [0.15, 0.2) is 47.5 Å². The Labute approximate surface area is 259 Å². The Kier molecular flexibility index (Phi) is 8.35. The molecule has 4 aromatic rings. The molecule has 4 N–H and O–H groups in total. The Morgan fingerprint density at radius 1 is 1.14 bits per heavy atom. The zero-order valence-electron chi connectivity index (χ0n) is 24.1. The number of hydrogen-bond acceptors (Lipinski definition) is 8. The van der Waals surface area contributed by atoms with E-state index in [1.165, 1.54) is 31.4 Å². The maximum atomic E-state index is 16.0. The summed E-state index contributed by atoms with van der Waals surface area (Å²) in [6.07, 6.45) is 4.49. The minimum absolute atomic E-state index is 0.118. The number of aliphatic hydroxyl groups excluding tert-OH is 1. The number of aromatic nitrogens is 2. The van der Waals surface area contributed by atoms with Gasteiger partial charge in [-0.1, -0.05) is 11.6 Å². The van der Waals surface area contributed by atoms with E-state index in [1.807, 2.05) is 7.05 Å². The summed E-state index contributed by atoms with van der Waals surface area (Å²) in [6, 6.07) is 8.03. The van der Waals surface area contributed by atoms with Gasteiger partial charge < -0.3 is 20.5 Å². The summed E-state index contributed by atoms with van der Waals surface area (Å²) in [7, 11) is -0.973. The minimum Gasteiger partial charge on any atom is -0.494 e. The second kappa shape index (κ2) is 12.1. The van der Waals surface area contributed by atoms with Gasteiger partial charge in [-0.05, 0) is 105 Å². The van der Waals surface area contributed by atoms with Gasteiger partial charge in [0.25, 0.3) is 10.0 Å². The molecule has 3 unspecified atom stereocenters. The first-order valence-corrected chi connectivity index (χ1v) is 16.2. The predicted octanol–water partition coefficient (Wildman–Crippen LogP) is 5.82. The second-order valence-corrected chi connectivity index (χ2v) is 13.4. The summed E-state index contributed by atoms with van der Waals surface area (Å²) in [6.45, 7) is 0.954. The third-order valence-electron chi connectivity index (χ3n) is 8.38. The monoisotopic (exact) mass is 643 g/mol. The quantitative estimate of drug-likeness (QED) is 0.180. The van der Waals surface area contributed by atoms with E-state index in [9.17, 15) is 13.5 Å². The van der Waals surface area contributed by atoms with Crippen molar-refractivity contribution in [2.75, 3.05) is 30.7 Å². The fraction of sp³-hybridized carbons (Fsp3) is 0.355. The molecule has 6 rings (SSSR count). The fourth-order valence-corrected chi connectivity index (χ4v) is 7.99. The van der Waals surface area contributed by atoms with Crippen molar-refractivity contribution in [1.82, 2.24) is 15.3 Å². The average Bonchev–Trinajstić information content (AvgIpc) is 3.59. The molecule has 1 saturated carbocycles. The fourth-order valence-electron chi connectivity index (χ4n) is 6.31. The molecule has 1 fully saturated rings. The summed E-state index contributed by atoms with van der Waals surface area (Å²) in [5.74, 6) is -0.701. The van der Waals surface area contributed by atoms with Gasteiger partial charge in [0, 0.05) is 22.6 Å². The van der Waals surface area contributed by atoms with Crippen LogP contribution in [0.1, 0.15) is 42.9 Å². The highest BCUT2D eigenvalue weighted by Gasteiger charge is 2.30. The Hall–Kier alpha value is -3.58. The number of nitrogens with zero attached hydrogens (tertiary/aromatic N) is 2. The van der Waals surface area contributed by atoms with Crippen molar-refractivity contribution in [3.8, 4) is 16.9 Å². The van der Waals surface area contributed by atoms with Crippen molar-refractivity contribution >= 4 is 44.2 Å². The molecule has 2 aliphatic rings. The number of benzene rings is 3. The normalized spacial score (nSPS) is 19.7. The van der Waals surface area contributed by atoms with Crippen LogP contribution in [-0.2, 0) is 16.4 Å². The molecular weight excluding hydrogens is 612 g/mol. The first-order chi connectivity index (χ1) is 21.1. The standard InChI is InChI=1S/C31H32ClF2N5O4S/c1-35-14-16-3-4-20(9-16)37-31-36-15-18-10-17(11-26(43-2)30(18)38-31)28-23(33)6-7-24(29(28)34)39-44(41,42)27-13-19(32)12-22-21(27)5-8-25(22)40/h6-7,10-13,15-16,20,25,35,39-40H,3-5,8-9,14H2,1-2H3,(H,36,37,38). The highest BCUT2D eigenvalue weighted by molar-refractivity contribution is 7.92. The third-order valence-corrected chi connectivity index (χ3v) is 10.0. The van der Waals surface area contributed by atoms with Crippen LogP contribution in [0.5, 0.6) is 5.75 Å². The number of aliphatic hydroxyl groups is 1. The Balaban J connectivity index is 1.33. The minimum atomic E-state index is -4.35. The van der Waals surface area contributed by atoms with Crippen molar-refractivity contribution < 1.29 is 27.0 Å². The second-order valence-electron chi connectivity index (χ2n) is 11.3. The zero-order valence-corrected chi connectivity index (χ0v) is 25.7. The molecule has 0 radical (unpaired) electrons. The van der Waals surface area contributed by atoms with Gasteiger partial charge in [-0.2, -0.15) is 0 Å². The van der Waals surface area contributed by atoms with Crippen LogP contribution in [0.3, 0.4) is 0 Å².